The van der Waals surface area contributed by atoms with Crippen LogP contribution in [0.25, 0.3) is 0 Å². The van der Waals surface area contributed by atoms with Crippen molar-refractivity contribution in [2.24, 2.45) is 0 Å². The molecule has 0 bridgehead atoms. The van der Waals surface area contributed by atoms with Crippen molar-refractivity contribution in [3.8, 4) is 5.75 Å². The quantitative estimate of drug-likeness (QED) is 0.632. The molecule has 0 aliphatic carbocycles. The van der Waals surface area contributed by atoms with Gasteiger partial charge in [0, 0.05) is 5.02 Å². The first-order valence-electron chi connectivity index (χ1n) is 6.73. The van der Waals surface area contributed by atoms with Crippen molar-refractivity contribution in [2.45, 2.75) is 4.90 Å². The number of nitrogens with zero attached hydrogens (tertiary/aromatic N) is 1. The van der Waals surface area contributed by atoms with Crippen LogP contribution in [0.1, 0.15) is 0 Å². The molecule has 0 fully saturated rings. The molecule has 0 aliphatic rings. The summed E-state index contributed by atoms with van der Waals surface area (Å²) in [6.07, 6.45) is 1.46. The Kier molecular flexibility index (Phi) is 6.04. The molecule has 0 atom stereocenters. The highest BCUT2D eigenvalue weighted by Gasteiger charge is 2.26. The summed E-state index contributed by atoms with van der Waals surface area (Å²) in [7, 11) is -2.47. The molecule has 4 nitrogen and oxygen atoms in total. The number of hydrogen-bond donors (Lipinski definition) is 0. The van der Waals surface area contributed by atoms with Gasteiger partial charge in [-0.25, -0.2) is 8.42 Å². The fraction of sp³-hybridized carbons (Fsp3) is 0.125. The minimum Gasteiger partial charge on any atom is -0.495 e. The zero-order valence-electron chi connectivity index (χ0n) is 12.7. The molecule has 24 heavy (non-hydrogen) atoms. The van der Waals surface area contributed by atoms with Gasteiger partial charge in [0.15, 0.2) is 0 Å². The number of ether oxygens (including phenoxy) is 1. The molecule has 0 aliphatic heterocycles. The highest BCUT2D eigenvalue weighted by molar-refractivity contribution is 7.92. The largest absolute Gasteiger partial charge is 0.495 e. The standard InChI is InChI=1S/C16H14Cl3NO3S/c1-3-8-20(15-9-11(17)4-6-13(15)18)24(21,22)12-5-7-16(23-2)14(19)10-12/h3-7,9-10H,1,8H2,2H3. The molecule has 0 spiro atoms. The van der Waals surface area contributed by atoms with E-state index in [0.717, 1.165) is 4.31 Å². The van der Waals surface area contributed by atoms with Crippen molar-refractivity contribution >= 4 is 50.5 Å². The van der Waals surface area contributed by atoms with Gasteiger partial charge in [-0.1, -0.05) is 40.9 Å². The maximum absolute atomic E-state index is 13.0. The van der Waals surface area contributed by atoms with Gasteiger partial charge < -0.3 is 4.74 Å². The van der Waals surface area contributed by atoms with E-state index in [4.69, 9.17) is 39.5 Å². The molecule has 0 radical (unpaired) electrons. The number of methoxy groups -OCH3 is 1. The van der Waals surface area contributed by atoms with Crippen molar-refractivity contribution in [3.05, 3.63) is 64.1 Å². The number of rotatable bonds is 6. The summed E-state index contributed by atoms with van der Waals surface area (Å²) in [6.45, 7) is 3.62. The number of halogens is 3. The van der Waals surface area contributed by atoms with Crippen molar-refractivity contribution in [1.82, 2.24) is 0 Å². The molecule has 0 amide bonds. The molecule has 0 unspecified atom stereocenters. The van der Waals surface area contributed by atoms with E-state index in [2.05, 4.69) is 6.58 Å². The smallest absolute Gasteiger partial charge is 0.264 e. The lowest BCUT2D eigenvalue weighted by Gasteiger charge is -2.24. The van der Waals surface area contributed by atoms with Crippen LogP contribution < -0.4 is 9.04 Å². The molecule has 0 heterocycles. The monoisotopic (exact) mass is 405 g/mol. The predicted octanol–water partition coefficient (Wildman–Crippen LogP) is 5.04. The Morgan fingerprint density at radius 3 is 2.42 bits per heavy atom. The van der Waals surface area contributed by atoms with Crippen LogP contribution in [0, 0.1) is 0 Å². The molecule has 2 aromatic carbocycles. The van der Waals surface area contributed by atoms with Crippen molar-refractivity contribution in [3.63, 3.8) is 0 Å². The SMILES string of the molecule is C=CCN(c1cc(Cl)ccc1Cl)S(=O)(=O)c1ccc(OC)c(Cl)c1. The molecule has 0 N–H and O–H groups in total. The number of hydrogen-bond acceptors (Lipinski definition) is 3. The van der Waals surface area contributed by atoms with Gasteiger partial charge in [0.25, 0.3) is 10.0 Å². The van der Waals surface area contributed by atoms with Gasteiger partial charge in [-0.05, 0) is 36.4 Å². The highest BCUT2D eigenvalue weighted by atomic mass is 35.5. The number of benzene rings is 2. The Bertz CT molecular complexity index is 869. The number of anilines is 1. The maximum atomic E-state index is 13.0. The zero-order chi connectivity index (χ0) is 17.9. The third kappa shape index (κ3) is 3.81. The highest BCUT2D eigenvalue weighted by Crippen LogP contribution is 2.34. The van der Waals surface area contributed by atoms with E-state index < -0.39 is 10.0 Å². The van der Waals surface area contributed by atoms with Crippen molar-refractivity contribution in [2.75, 3.05) is 18.0 Å². The molecule has 2 rings (SSSR count). The van der Waals surface area contributed by atoms with Gasteiger partial charge in [0.05, 0.1) is 34.3 Å². The Morgan fingerprint density at radius 2 is 1.83 bits per heavy atom. The summed E-state index contributed by atoms with van der Waals surface area (Å²) < 4.78 is 32.2. The van der Waals surface area contributed by atoms with E-state index in [9.17, 15) is 8.42 Å². The van der Waals surface area contributed by atoms with Gasteiger partial charge in [0.2, 0.25) is 0 Å². The summed E-state index contributed by atoms with van der Waals surface area (Å²) >= 11 is 18.2. The molecule has 0 aromatic heterocycles. The summed E-state index contributed by atoms with van der Waals surface area (Å²) in [4.78, 5) is 0.00573. The van der Waals surface area contributed by atoms with Crippen LogP contribution in [0.5, 0.6) is 5.75 Å². The lowest BCUT2D eigenvalue weighted by molar-refractivity contribution is 0.414. The van der Waals surface area contributed by atoms with Crippen LogP contribution in [-0.2, 0) is 10.0 Å². The molecule has 8 heteroatoms. The number of sulfonamides is 1. The minimum atomic E-state index is -3.92. The predicted molar refractivity (Wildman–Crippen MR) is 99.2 cm³/mol. The molecule has 0 saturated heterocycles. The Hall–Kier alpha value is -1.40. The second-order valence-electron chi connectivity index (χ2n) is 4.72. The van der Waals surface area contributed by atoms with Crippen LogP contribution >= 0.6 is 34.8 Å². The van der Waals surface area contributed by atoms with Gasteiger partial charge in [-0.15, -0.1) is 6.58 Å². The van der Waals surface area contributed by atoms with E-state index in [0.29, 0.717) is 10.8 Å². The first-order valence-corrected chi connectivity index (χ1v) is 9.31. The molecule has 0 saturated carbocycles. The average molecular weight is 407 g/mol. The molecule has 128 valence electrons. The fourth-order valence-corrected chi connectivity index (χ4v) is 4.29. The second kappa shape index (κ2) is 7.66. The van der Waals surface area contributed by atoms with E-state index in [1.807, 2.05) is 0 Å². The van der Waals surface area contributed by atoms with Gasteiger partial charge in [-0.3, -0.25) is 4.31 Å². The summed E-state index contributed by atoms with van der Waals surface area (Å²) in [5.41, 5.74) is 0.260. The van der Waals surface area contributed by atoms with Crippen molar-refractivity contribution in [1.29, 1.82) is 0 Å². The lowest BCUT2D eigenvalue weighted by Crippen LogP contribution is -2.31. The Balaban J connectivity index is 2.59. The summed E-state index contributed by atoms with van der Waals surface area (Å²) in [5, 5.41) is 0.810. The zero-order valence-corrected chi connectivity index (χ0v) is 15.8. The first kappa shape index (κ1) is 18.9. The van der Waals surface area contributed by atoms with Crippen LogP contribution in [0.2, 0.25) is 15.1 Å². The van der Waals surface area contributed by atoms with Crippen LogP contribution in [0.15, 0.2) is 53.9 Å². The van der Waals surface area contributed by atoms with Gasteiger partial charge in [0.1, 0.15) is 5.75 Å². The average Bonchev–Trinajstić information content (AvgIpc) is 2.54. The summed E-state index contributed by atoms with van der Waals surface area (Å²) in [6, 6.07) is 8.82. The Labute approximate surface area is 156 Å². The minimum absolute atomic E-state index is 0.00573. The van der Waals surface area contributed by atoms with E-state index in [1.54, 1.807) is 6.07 Å². The third-order valence-electron chi connectivity index (χ3n) is 3.18. The normalized spacial score (nSPS) is 11.2. The van der Waals surface area contributed by atoms with Gasteiger partial charge in [-0.2, -0.15) is 0 Å². The van der Waals surface area contributed by atoms with E-state index in [-0.39, 0.29) is 27.2 Å². The second-order valence-corrected chi connectivity index (χ2v) is 7.83. The topological polar surface area (TPSA) is 46.6 Å². The van der Waals surface area contributed by atoms with Gasteiger partial charge >= 0.3 is 0 Å². The molecular weight excluding hydrogens is 393 g/mol. The van der Waals surface area contributed by atoms with E-state index in [1.165, 1.54) is 43.5 Å². The Morgan fingerprint density at radius 1 is 1.12 bits per heavy atom. The van der Waals surface area contributed by atoms with Crippen LogP contribution in [0.4, 0.5) is 5.69 Å². The van der Waals surface area contributed by atoms with Crippen LogP contribution in [-0.4, -0.2) is 22.1 Å². The third-order valence-corrected chi connectivity index (χ3v) is 5.81. The molecule has 2 aromatic rings. The molecular formula is C16H14Cl3NO3S. The maximum Gasteiger partial charge on any atom is 0.264 e. The van der Waals surface area contributed by atoms with Crippen LogP contribution in [0.3, 0.4) is 0 Å². The van der Waals surface area contributed by atoms with E-state index >= 15 is 0 Å². The summed E-state index contributed by atoms with van der Waals surface area (Å²) in [5.74, 6) is 0.381. The lowest BCUT2D eigenvalue weighted by atomic mass is 10.3. The fourth-order valence-electron chi connectivity index (χ4n) is 2.05. The van der Waals surface area contributed by atoms with Crippen molar-refractivity contribution < 1.29 is 13.2 Å². The first-order chi connectivity index (χ1) is 11.3.